The molecule has 3 aromatic rings. The van der Waals surface area contributed by atoms with Gasteiger partial charge in [0.25, 0.3) is 5.95 Å². The summed E-state index contributed by atoms with van der Waals surface area (Å²) in [7, 11) is 0. The zero-order valence-electron chi connectivity index (χ0n) is 12.2. The van der Waals surface area contributed by atoms with E-state index in [1.807, 2.05) is 30.3 Å². The Balaban J connectivity index is 1.71. The number of halogens is 1. The third-order valence-electron chi connectivity index (χ3n) is 3.96. The quantitative estimate of drug-likeness (QED) is 0.745. The lowest BCUT2D eigenvalue weighted by atomic mass is 10.0. The predicted molar refractivity (Wildman–Crippen MR) is 79.5 cm³/mol. The summed E-state index contributed by atoms with van der Waals surface area (Å²) in [5.74, 6) is 0.652. The van der Waals surface area contributed by atoms with Crippen molar-refractivity contribution in [3.8, 4) is 12.0 Å². The molecule has 0 bridgehead atoms. The topological polar surface area (TPSA) is 72.3 Å². The summed E-state index contributed by atoms with van der Waals surface area (Å²) in [5.41, 5.74) is 1.79. The van der Waals surface area contributed by atoms with Crippen molar-refractivity contribution in [1.82, 2.24) is 24.5 Å². The second-order valence-corrected chi connectivity index (χ2v) is 5.47. The number of rotatable bonds is 3. The van der Waals surface area contributed by atoms with Gasteiger partial charge in [0.15, 0.2) is 12.0 Å². The van der Waals surface area contributed by atoms with Crippen LogP contribution >= 0.6 is 0 Å². The van der Waals surface area contributed by atoms with E-state index in [4.69, 9.17) is 5.26 Å². The van der Waals surface area contributed by atoms with Gasteiger partial charge in [0.1, 0.15) is 0 Å². The van der Waals surface area contributed by atoms with Gasteiger partial charge in [0.2, 0.25) is 0 Å². The molecule has 4 rings (SSSR count). The minimum atomic E-state index is -1.14. The molecule has 2 aromatic heterocycles. The van der Waals surface area contributed by atoms with Crippen molar-refractivity contribution in [3.63, 3.8) is 0 Å². The lowest BCUT2D eigenvalue weighted by Gasteiger charge is -2.11. The molecule has 0 saturated carbocycles. The maximum absolute atomic E-state index is 14.3. The molecule has 1 aliphatic heterocycles. The van der Waals surface area contributed by atoms with Crippen LogP contribution in [0.1, 0.15) is 35.6 Å². The highest BCUT2D eigenvalue weighted by molar-refractivity contribution is 5.25. The first-order valence-electron chi connectivity index (χ1n) is 7.32. The number of nitrogens with zero attached hydrogens (tertiary/aromatic N) is 6. The lowest BCUT2D eigenvalue weighted by molar-refractivity contribution is 0.328. The number of nitriles is 1. The first kappa shape index (κ1) is 13.6. The van der Waals surface area contributed by atoms with E-state index in [0.717, 1.165) is 11.1 Å². The average Bonchev–Trinajstić information content (AvgIpc) is 3.25. The second-order valence-electron chi connectivity index (χ2n) is 5.47. The molecule has 3 heterocycles. The summed E-state index contributed by atoms with van der Waals surface area (Å²) >= 11 is 0. The maximum atomic E-state index is 14.3. The summed E-state index contributed by atoms with van der Waals surface area (Å²) in [6.07, 6.45) is 2.76. The van der Waals surface area contributed by atoms with Gasteiger partial charge in [-0.1, -0.05) is 30.3 Å². The molecular weight excluding hydrogens is 295 g/mol. The molecule has 0 saturated heterocycles. The standard InChI is InChI=1S/C16H13FN6/c17-13-8-14(12-4-2-1-3-5-12)23-15(13)20-16(21-23)22-10-11(6-7-18)9-19-22/h1-5,9-10,13-14H,6,8H2/t13-,14-/m0/s1. The Morgan fingerprint density at radius 3 is 2.91 bits per heavy atom. The molecule has 0 amide bonds. The number of benzene rings is 1. The molecule has 0 fully saturated rings. The van der Waals surface area contributed by atoms with Crippen LogP contribution < -0.4 is 0 Å². The van der Waals surface area contributed by atoms with Gasteiger partial charge in [-0.15, -0.1) is 5.10 Å². The van der Waals surface area contributed by atoms with Crippen molar-refractivity contribution in [2.75, 3.05) is 0 Å². The summed E-state index contributed by atoms with van der Waals surface area (Å²) < 4.78 is 17.4. The van der Waals surface area contributed by atoms with Crippen molar-refractivity contribution in [2.24, 2.45) is 0 Å². The van der Waals surface area contributed by atoms with Crippen LogP contribution in [0.25, 0.3) is 5.95 Å². The SMILES string of the molecule is N#CCc1cnn(-c2nc3n(n2)[C@H](c2ccccc2)C[C@@H]3F)c1. The van der Waals surface area contributed by atoms with Gasteiger partial charge < -0.3 is 0 Å². The monoisotopic (exact) mass is 308 g/mol. The third-order valence-corrected chi connectivity index (χ3v) is 3.96. The van der Waals surface area contributed by atoms with Crippen molar-refractivity contribution in [1.29, 1.82) is 5.26 Å². The summed E-state index contributed by atoms with van der Waals surface area (Å²) in [4.78, 5) is 4.29. The van der Waals surface area contributed by atoms with Gasteiger partial charge >= 0.3 is 0 Å². The molecule has 2 atom stereocenters. The Morgan fingerprint density at radius 1 is 1.30 bits per heavy atom. The molecule has 1 aliphatic rings. The van der Waals surface area contributed by atoms with Crippen LogP contribution in [0.2, 0.25) is 0 Å². The molecule has 6 nitrogen and oxygen atoms in total. The highest BCUT2D eigenvalue weighted by atomic mass is 19.1. The van der Waals surface area contributed by atoms with Crippen molar-refractivity contribution in [2.45, 2.75) is 25.1 Å². The molecule has 7 heteroatoms. The molecule has 0 aliphatic carbocycles. The van der Waals surface area contributed by atoms with E-state index in [1.165, 1.54) is 4.68 Å². The number of aromatic nitrogens is 5. The molecule has 0 N–H and O–H groups in total. The van der Waals surface area contributed by atoms with Gasteiger partial charge in [-0.3, -0.25) is 0 Å². The number of fused-ring (bicyclic) bond motifs is 1. The Bertz CT molecular complexity index is 876. The van der Waals surface area contributed by atoms with Gasteiger partial charge in [0, 0.05) is 18.2 Å². The molecule has 114 valence electrons. The number of hydrogen-bond donors (Lipinski definition) is 0. The Morgan fingerprint density at radius 2 is 2.13 bits per heavy atom. The van der Waals surface area contributed by atoms with Crippen LogP contribution in [-0.4, -0.2) is 24.5 Å². The van der Waals surface area contributed by atoms with E-state index in [1.54, 1.807) is 17.1 Å². The van der Waals surface area contributed by atoms with E-state index in [-0.39, 0.29) is 12.5 Å². The smallest absolute Gasteiger partial charge is 0.239 e. The van der Waals surface area contributed by atoms with Crippen LogP contribution in [0.3, 0.4) is 0 Å². The van der Waals surface area contributed by atoms with E-state index in [2.05, 4.69) is 21.3 Å². The zero-order chi connectivity index (χ0) is 15.8. The van der Waals surface area contributed by atoms with E-state index in [9.17, 15) is 4.39 Å². The first-order valence-corrected chi connectivity index (χ1v) is 7.32. The Labute approximate surface area is 131 Å². The van der Waals surface area contributed by atoms with Gasteiger partial charge in [0.05, 0.1) is 24.7 Å². The van der Waals surface area contributed by atoms with Crippen molar-refractivity contribution in [3.05, 3.63) is 59.7 Å². The summed E-state index contributed by atoms with van der Waals surface area (Å²) in [5, 5.41) is 17.3. The number of alkyl halides is 1. The van der Waals surface area contributed by atoms with Crippen LogP contribution in [0.4, 0.5) is 4.39 Å². The van der Waals surface area contributed by atoms with Crippen molar-refractivity contribution < 1.29 is 4.39 Å². The fourth-order valence-corrected chi connectivity index (χ4v) is 2.87. The van der Waals surface area contributed by atoms with Crippen molar-refractivity contribution >= 4 is 0 Å². The molecule has 0 radical (unpaired) electrons. The fraction of sp³-hybridized carbons (Fsp3) is 0.250. The van der Waals surface area contributed by atoms with Gasteiger partial charge in [-0.05, 0) is 5.56 Å². The highest BCUT2D eigenvalue weighted by Gasteiger charge is 2.35. The number of hydrogen-bond acceptors (Lipinski definition) is 4. The molecule has 23 heavy (non-hydrogen) atoms. The maximum Gasteiger partial charge on any atom is 0.269 e. The molecule has 1 aromatic carbocycles. The van der Waals surface area contributed by atoms with E-state index in [0.29, 0.717) is 18.2 Å². The van der Waals surface area contributed by atoms with Crippen LogP contribution in [0.5, 0.6) is 0 Å². The molecule has 0 spiro atoms. The largest absolute Gasteiger partial charge is 0.269 e. The second kappa shape index (κ2) is 5.32. The normalized spacial score (nSPS) is 19.5. The Kier molecular flexibility index (Phi) is 3.15. The fourth-order valence-electron chi connectivity index (χ4n) is 2.87. The van der Waals surface area contributed by atoms with Crippen LogP contribution in [-0.2, 0) is 6.42 Å². The molecular formula is C16H13FN6. The third kappa shape index (κ3) is 2.28. The van der Waals surface area contributed by atoms with Crippen LogP contribution in [0, 0.1) is 11.3 Å². The van der Waals surface area contributed by atoms with E-state index < -0.39 is 6.17 Å². The lowest BCUT2D eigenvalue weighted by Crippen LogP contribution is -2.08. The summed E-state index contributed by atoms with van der Waals surface area (Å²) in [6, 6.07) is 11.6. The van der Waals surface area contributed by atoms with Gasteiger partial charge in [-0.25, -0.2) is 13.8 Å². The van der Waals surface area contributed by atoms with Gasteiger partial charge in [-0.2, -0.15) is 15.3 Å². The van der Waals surface area contributed by atoms with E-state index >= 15 is 0 Å². The van der Waals surface area contributed by atoms with Crippen LogP contribution in [0.15, 0.2) is 42.7 Å². The summed E-state index contributed by atoms with van der Waals surface area (Å²) in [6.45, 7) is 0. The predicted octanol–water partition coefficient (Wildman–Crippen LogP) is 2.53. The first-order chi connectivity index (χ1) is 11.3. The highest BCUT2D eigenvalue weighted by Crippen LogP contribution is 2.39. The minimum Gasteiger partial charge on any atom is -0.239 e. The average molecular weight is 308 g/mol. The Hall–Kier alpha value is -3.01. The zero-order valence-corrected chi connectivity index (χ0v) is 12.2. The minimum absolute atomic E-state index is 0.156. The molecule has 0 unspecified atom stereocenters.